The lowest BCUT2D eigenvalue weighted by molar-refractivity contribution is 0.0403. The largest absolute Gasteiger partial charge is 0.392 e. The summed E-state index contributed by atoms with van der Waals surface area (Å²) in [5, 5.41) is 13.6. The molecule has 1 aliphatic heterocycles. The number of nitrogens with zero attached hydrogens (tertiary/aromatic N) is 3. The van der Waals surface area contributed by atoms with Crippen molar-refractivity contribution in [3.8, 4) is 0 Å². The van der Waals surface area contributed by atoms with E-state index in [1.54, 1.807) is 0 Å². The Hall–Kier alpha value is -0.230. The Morgan fingerprint density at radius 1 is 1.60 bits per heavy atom. The van der Waals surface area contributed by atoms with Gasteiger partial charge in [0.25, 0.3) is 0 Å². The molecular weight excluding hydrogens is 234 g/mol. The molecule has 1 saturated heterocycles. The van der Waals surface area contributed by atoms with Gasteiger partial charge in [0.05, 0.1) is 6.10 Å². The van der Waals surface area contributed by atoms with Gasteiger partial charge in [-0.15, -0.1) is 5.10 Å². The molecule has 2 heterocycles. The summed E-state index contributed by atoms with van der Waals surface area (Å²) in [5.41, 5.74) is 0.822. The molecule has 1 N–H and O–H groups in total. The summed E-state index contributed by atoms with van der Waals surface area (Å²) in [6, 6.07) is 0. The van der Waals surface area contributed by atoms with Crippen LogP contribution >= 0.6 is 23.1 Å². The van der Waals surface area contributed by atoms with Crippen LogP contribution in [0.25, 0.3) is 0 Å². The van der Waals surface area contributed by atoms with Gasteiger partial charge in [-0.1, -0.05) is 23.0 Å². The van der Waals surface area contributed by atoms with Crippen molar-refractivity contribution in [1.82, 2.24) is 14.5 Å². The van der Waals surface area contributed by atoms with Crippen LogP contribution < -0.4 is 0 Å². The lowest BCUT2D eigenvalue weighted by Gasteiger charge is -2.33. The maximum Gasteiger partial charge on any atom is 0.138 e. The molecule has 0 amide bonds. The van der Waals surface area contributed by atoms with Crippen LogP contribution in [0.5, 0.6) is 0 Å². The Labute approximate surface area is 98.0 Å². The van der Waals surface area contributed by atoms with Crippen LogP contribution in [-0.2, 0) is 6.54 Å². The molecule has 1 aliphatic rings. The highest BCUT2D eigenvalue weighted by atomic mass is 35.5. The topological polar surface area (TPSA) is 49.2 Å². The molecule has 2 unspecified atom stereocenters. The van der Waals surface area contributed by atoms with Crippen molar-refractivity contribution >= 4 is 23.1 Å². The van der Waals surface area contributed by atoms with Gasteiger partial charge in [0, 0.05) is 31.2 Å². The first kappa shape index (κ1) is 11.3. The molecule has 1 aromatic rings. The predicted molar refractivity (Wildman–Crippen MR) is 60.0 cm³/mol. The minimum atomic E-state index is -0.223. The second-order valence-corrected chi connectivity index (χ2v) is 5.54. The molecular formula is C9H14ClN3OS. The summed E-state index contributed by atoms with van der Waals surface area (Å²) in [6.07, 6.45) is 0.665. The smallest absolute Gasteiger partial charge is 0.138 e. The van der Waals surface area contributed by atoms with Crippen LogP contribution in [0.4, 0.5) is 0 Å². The second kappa shape index (κ2) is 4.74. The average Bonchev–Trinajstić information content (AvgIpc) is 2.50. The molecule has 4 nitrogen and oxygen atoms in total. The number of piperidine rings is 1. The molecule has 0 bridgehead atoms. The molecule has 0 radical (unpaired) electrons. The van der Waals surface area contributed by atoms with E-state index in [4.69, 9.17) is 11.6 Å². The van der Waals surface area contributed by atoms with Gasteiger partial charge in [-0.2, -0.15) is 0 Å². The molecule has 0 saturated carbocycles. The molecule has 2 atom stereocenters. The van der Waals surface area contributed by atoms with Crippen molar-refractivity contribution in [2.45, 2.75) is 26.0 Å². The summed E-state index contributed by atoms with van der Waals surface area (Å²) in [5.74, 6) is 0.527. The van der Waals surface area contributed by atoms with E-state index >= 15 is 0 Å². The van der Waals surface area contributed by atoms with E-state index in [1.807, 2.05) is 0 Å². The fourth-order valence-electron chi connectivity index (χ4n) is 2.06. The van der Waals surface area contributed by atoms with Gasteiger partial charge in [0.2, 0.25) is 0 Å². The van der Waals surface area contributed by atoms with Crippen LogP contribution in [0, 0.1) is 5.92 Å². The zero-order valence-corrected chi connectivity index (χ0v) is 10.1. The highest BCUT2D eigenvalue weighted by Crippen LogP contribution is 2.22. The summed E-state index contributed by atoms with van der Waals surface area (Å²) in [7, 11) is 0. The van der Waals surface area contributed by atoms with E-state index in [2.05, 4.69) is 21.4 Å². The Kier molecular flexibility index (Phi) is 3.56. The summed E-state index contributed by atoms with van der Waals surface area (Å²) < 4.78 is 4.45. The number of likely N-dealkylation sites (tertiary alicyclic amines) is 1. The molecule has 0 aliphatic carbocycles. The van der Waals surface area contributed by atoms with Gasteiger partial charge in [-0.05, 0) is 12.3 Å². The Morgan fingerprint density at radius 3 is 3.00 bits per heavy atom. The quantitative estimate of drug-likeness (QED) is 0.858. The van der Waals surface area contributed by atoms with Crippen molar-refractivity contribution in [1.29, 1.82) is 0 Å². The first-order valence-electron chi connectivity index (χ1n) is 5.02. The summed E-state index contributed by atoms with van der Waals surface area (Å²) >= 11 is 7.15. The number of halogens is 1. The third-order valence-corrected chi connectivity index (χ3v) is 3.58. The van der Waals surface area contributed by atoms with Crippen LogP contribution in [-0.4, -0.2) is 38.8 Å². The zero-order chi connectivity index (χ0) is 10.8. The minimum absolute atomic E-state index is 0.223. The minimum Gasteiger partial charge on any atom is -0.392 e. The Morgan fingerprint density at radius 2 is 2.40 bits per heavy atom. The molecule has 1 fully saturated rings. The molecule has 2 rings (SSSR count). The van der Waals surface area contributed by atoms with Crippen molar-refractivity contribution in [3.05, 3.63) is 10.0 Å². The second-order valence-electron chi connectivity index (χ2n) is 4.18. The number of β-amino-alcohol motifs (C(OH)–C–C–N with tert-alkyl or cyclic N) is 1. The molecule has 0 aromatic carbocycles. The highest BCUT2D eigenvalue weighted by Gasteiger charge is 2.24. The van der Waals surface area contributed by atoms with Gasteiger partial charge in [-0.25, -0.2) is 0 Å². The van der Waals surface area contributed by atoms with Gasteiger partial charge < -0.3 is 5.11 Å². The van der Waals surface area contributed by atoms with E-state index in [0.29, 0.717) is 23.3 Å². The normalized spacial score (nSPS) is 28.2. The van der Waals surface area contributed by atoms with Gasteiger partial charge >= 0.3 is 0 Å². The molecule has 0 spiro atoms. The maximum atomic E-state index is 9.64. The lowest BCUT2D eigenvalue weighted by atomic mass is 9.98. The molecule has 6 heteroatoms. The number of aliphatic hydroxyl groups is 1. The zero-order valence-electron chi connectivity index (χ0n) is 8.56. The average molecular weight is 248 g/mol. The standard InChI is InChI=1S/C9H14ClN3OS/c1-6-2-7(14)4-13(3-6)5-8-9(10)15-12-11-8/h6-7,14H,2-5H2,1H3. The third-order valence-electron chi connectivity index (χ3n) is 2.60. The van der Waals surface area contributed by atoms with Gasteiger partial charge in [0.15, 0.2) is 0 Å². The first-order valence-corrected chi connectivity index (χ1v) is 6.17. The predicted octanol–water partition coefficient (Wildman–Crippen LogP) is 1.39. The monoisotopic (exact) mass is 247 g/mol. The van der Waals surface area contributed by atoms with E-state index < -0.39 is 0 Å². The maximum absolute atomic E-state index is 9.64. The Bertz CT molecular complexity index is 323. The van der Waals surface area contributed by atoms with Crippen molar-refractivity contribution in [2.24, 2.45) is 5.92 Å². The summed E-state index contributed by atoms with van der Waals surface area (Å²) in [4.78, 5) is 2.18. The number of hydrogen-bond donors (Lipinski definition) is 1. The first-order chi connectivity index (χ1) is 7.15. The van der Waals surface area contributed by atoms with E-state index in [9.17, 15) is 5.11 Å². The van der Waals surface area contributed by atoms with Gasteiger partial charge in [-0.3, -0.25) is 4.90 Å². The van der Waals surface area contributed by atoms with Gasteiger partial charge in [0.1, 0.15) is 10.0 Å². The van der Waals surface area contributed by atoms with Crippen molar-refractivity contribution in [3.63, 3.8) is 0 Å². The van der Waals surface area contributed by atoms with E-state index in [0.717, 1.165) is 18.7 Å². The Balaban J connectivity index is 1.97. The van der Waals surface area contributed by atoms with Crippen LogP contribution in [0.2, 0.25) is 4.34 Å². The van der Waals surface area contributed by atoms with Crippen LogP contribution in [0.15, 0.2) is 0 Å². The number of rotatable bonds is 2. The van der Waals surface area contributed by atoms with Crippen LogP contribution in [0.1, 0.15) is 19.0 Å². The SMILES string of the molecule is CC1CC(O)CN(Cc2nnsc2Cl)C1. The number of aromatic nitrogens is 2. The fourth-order valence-corrected chi connectivity index (χ4v) is 2.67. The third kappa shape index (κ3) is 2.87. The van der Waals surface area contributed by atoms with Crippen LogP contribution in [0.3, 0.4) is 0 Å². The lowest BCUT2D eigenvalue weighted by Crippen LogP contribution is -2.41. The van der Waals surface area contributed by atoms with E-state index in [-0.39, 0.29) is 6.10 Å². The number of hydrogen-bond acceptors (Lipinski definition) is 5. The number of aliphatic hydroxyl groups excluding tert-OH is 1. The molecule has 15 heavy (non-hydrogen) atoms. The fraction of sp³-hybridized carbons (Fsp3) is 0.778. The van der Waals surface area contributed by atoms with Crippen molar-refractivity contribution in [2.75, 3.05) is 13.1 Å². The van der Waals surface area contributed by atoms with Crippen molar-refractivity contribution < 1.29 is 5.11 Å². The van der Waals surface area contributed by atoms with E-state index in [1.165, 1.54) is 11.5 Å². The summed E-state index contributed by atoms with van der Waals surface area (Å²) in [6.45, 7) is 4.54. The molecule has 1 aromatic heterocycles. The molecule has 84 valence electrons. The highest BCUT2D eigenvalue weighted by molar-refractivity contribution is 7.10.